The number of carboxylic acid groups (broad SMARTS) is 1. The molecule has 5 N–H and O–H groups in total. The smallest absolute Gasteiger partial charge is 0.324 e. The Hall–Kier alpha value is -2.99. The molecule has 10 nitrogen and oxygen atoms in total. The van der Waals surface area contributed by atoms with E-state index >= 15 is 0 Å². The number of hydrogen-bond acceptors (Lipinski definition) is 8. The van der Waals surface area contributed by atoms with Crippen molar-refractivity contribution in [2.24, 2.45) is 16.8 Å². The topological polar surface area (TPSA) is 143 Å². The SMILES string of the molecule is N/N=C(/c1cnc(N2CCC(Oc3cc(F)ccc3Br)CC2)cn1)N(N)CC(=O)O. The number of nitrogens with two attached hydrogens (primary N) is 2. The highest BCUT2D eigenvalue weighted by Crippen LogP contribution is 2.29. The molecule has 0 amide bonds. The number of hydrogen-bond donors (Lipinski definition) is 3. The molecule has 1 aliphatic heterocycles. The molecule has 1 saturated heterocycles. The number of aliphatic carboxylic acids is 1. The Morgan fingerprint density at radius 3 is 2.70 bits per heavy atom. The van der Waals surface area contributed by atoms with Gasteiger partial charge in [0.05, 0.1) is 16.9 Å². The van der Waals surface area contributed by atoms with E-state index in [0.717, 1.165) is 17.9 Å². The molecule has 0 atom stereocenters. The molecule has 0 unspecified atom stereocenters. The molecule has 12 heteroatoms. The van der Waals surface area contributed by atoms with Crippen LogP contribution in [0.5, 0.6) is 5.75 Å². The maximum absolute atomic E-state index is 13.4. The van der Waals surface area contributed by atoms with Gasteiger partial charge in [-0.15, -0.1) is 0 Å². The summed E-state index contributed by atoms with van der Waals surface area (Å²) in [5.41, 5.74) is 0.263. The van der Waals surface area contributed by atoms with Crippen molar-refractivity contribution >= 4 is 33.6 Å². The quantitative estimate of drug-likeness (QED) is 0.240. The fraction of sp³-hybridized carbons (Fsp3) is 0.333. The predicted octanol–water partition coefficient (Wildman–Crippen LogP) is 1.31. The lowest BCUT2D eigenvalue weighted by Crippen LogP contribution is -2.43. The lowest BCUT2D eigenvalue weighted by Gasteiger charge is -2.33. The summed E-state index contributed by atoms with van der Waals surface area (Å²) in [6.45, 7) is 0.894. The first-order valence-electron chi connectivity index (χ1n) is 9.08. The van der Waals surface area contributed by atoms with Gasteiger partial charge in [-0.25, -0.2) is 20.2 Å². The third kappa shape index (κ3) is 5.33. The van der Waals surface area contributed by atoms with Gasteiger partial charge in [-0.05, 0) is 28.1 Å². The van der Waals surface area contributed by atoms with E-state index in [0.29, 0.717) is 29.1 Å². The number of ether oxygens (including phenoxy) is 1. The molecule has 1 aromatic carbocycles. The number of hydrazine groups is 1. The van der Waals surface area contributed by atoms with Crippen LogP contribution in [0.25, 0.3) is 0 Å². The molecular weight excluding hydrogens is 461 g/mol. The standard InChI is InChI=1S/C18H21BrFN7O3/c19-13-2-1-11(20)7-15(13)30-12-3-5-26(6-4-12)16-9-23-14(8-24-16)18(25-21)27(22)10-17(28)29/h1-2,7-9,12H,3-6,10,21-22H2,(H,28,29)/b25-18-. The first kappa shape index (κ1) is 21.7. The highest BCUT2D eigenvalue weighted by molar-refractivity contribution is 9.10. The van der Waals surface area contributed by atoms with E-state index in [-0.39, 0.29) is 23.5 Å². The first-order valence-corrected chi connectivity index (χ1v) is 9.87. The molecule has 30 heavy (non-hydrogen) atoms. The summed E-state index contributed by atoms with van der Waals surface area (Å²) in [4.78, 5) is 21.5. The van der Waals surface area contributed by atoms with Crippen molar-refractivity contribution in [3.8, 4) is 5.75 Å². The molecule has 2 heterocycles. The molecule has 1 fully saturated rings. The molecule has 0 saturated carbocycles. The van der Waals surface area contributed by atoms with Crippen molar-refractivity contribution in [2.75, 3.05) is 24.5 Å². The monoisotopic (exact) mass is 481 g/mol. The van der Waals surface area contributed by atoms with E-state index in [1.807, 2.05) is 4.90 Å². The zero-order valence-electron chi connectivity index (χ0n) is 15.9. The Morgan fingerprint density at radius 1 is 1.37 bits per heavy atom. The average molecular weight is 482 g/mol. The number of nitrogens with zero attached hydrogens (tertiary/aromatic N) is 5. The Morgan fingerprint density at radius 2 is 2.10 bits per heavy atom. The van der Waals surface area contributed by atoms with Crippen LogP contribution in [-0.4, -0.2) is 57.6 Å². The number of amidine groups is 1. The number of benzene rings is 1. The zero-order valence-corrected chi connectivity index (χ0v) is 17.5. The second-order valence-electron chi connectivity index (χ2n) is 6.61. The lowest BCUT2D eigenvalue weighted by molar-refractivity contribution is -0.137. The van der Waals surface area contributed by atoms with Crippen molar-refractivity contribution in [3.05, 3.63) is 46.6 Å². The van der Waals surface area contributed by atoms with Crippen LogP contribution < -0.4 is 21.3 Å². The number of aromatic nitrogens is 2. The lowest BCUT2D eigenvalue weighted by atomic mass is 10.1. The van der Waals surface area contributed by atoms with Crippen molar-refractivity contribution in [1.29, 1.82) is 0 Å². The second kappa shape index (κ2) is 9.67. The molecule has 160 valence electrons. The number of piperidine rings is 1. The van der Waals surface area contributed by atoms with E-state index < -0.39 is 12.5 Å². The second-order valence-corrected chi connectivity index (χ2v) is 7.47. The van der Waals surface area contributed by atoms with Gasteiger partial charge in [-0.3, -0.25) is 9.80 Å². The molecule has 0 radical (unpaired) electrons. The summed E-state index contributed by atoms with van der Waals surface area (Å²) in [7, 11) is 0. The van der Waals surface area contributed by atoms with E-state index in [2.05, 4.69) is 31.0 Å². The van der Waals surface area contributed by atoms with Gasteiger partial charge in [-0.1, -0.05) is 0 Å². The normalized spacial score (nSPS) is 15.2. The summed E-state index contributed by atoms with van der Waals surface area (Å²) in [6, 6.07) is 4.35. The Labute approximate surface area is 180 Å². The largest absolute Gasteiger partial charge is 0.489 e. The molecule has 2 aromatic rings. The number of anilines is 1. The number of carboxylic acids is 1. The molecule has 0 spiro atoms. The van der Waals surface area contributed by atoms with Crippen molar-refractivity contribution in [1.82, 2.24) is 15.0 Å². The number of halogens is 2. The highest BCUT2D eigenvalue weighted by Gasteiger charge is 2.23. The first-order chi connectivity index (χ1) is 14.4. The number of rotatable bonds is 6. The fourth-order valence-electron chi connectivity index (χ4n) is 3.06. The number of carbonyl (C=O) groups is 1. The van der Waals surface area contributed by atoms with E-state index in [1.165, 1.54) is 18.3 Å². The van der Waals surface area contributed by atoms with Crippen LogP contribution in [0.2, 0.25) is 0 Å². The van der Waals surface area contributed by atoms with Gasteiger partial charge in [0.25, 0.3) is 0 Å². The van der Waals surface area contributed by atoms with Crippen LogP contribution in [0, 0.1) is 5.82 Å². The van der Waals surface area contributed by atoms with Gasteiger partial charge in [-0.2, -0.15) is 5.10 Å². The Kier molecular flexibility index (Phi) is 7.00. The average Bonchev–Trinajstić information content (AvgIpc) is 2.72. The van der Waals surface area contributed by atoms with Crippen LogP contribution in [0.1, 0.15) is 18.5 Å². The summed E-state index contributed by atoms with van der Waals surface area (Å²) >= 11 is 3.37. The maximum Gasteiger partial charge on any atom is 0.324 e. The molecular formula is C18H21BrFN7O3. The summed E-state index contributed by atoms with van der Waals surface area (Å²) in [5.74, 6) is 10.7. The molecule has 3 rings (SSSR count). The van der Waals surface area contributed by atoms with Gasteiger partial charge in [0, 0.05) is 32.0 Å². The van der Waals surface area contributed by atoms with E-state index in [4.69, 9.17) is 21.5 Å². The molecule has 0 bridgehead atoms. The van der Waals surface area contributed by atoms with Crippen LogP contribution in [0.3, 0.4) is 0 Å². The van der Waals surface area contributed by atoms with Crippen molar-refractivity contribution in [3.63, 3.8) is 0 Å². The third-order valence-electron chi connectivity index (χ3n) is 4.52. The molecule has 0 aliphatic carbocycles. The minimum atomic E-state index is -1.13. The summed E-state index contributed by atoms with van der Waals surface area (Å²) in [6.07, 6.45) is 4.42. The van der Waals surface area contributed by atoms with Gasteiger partial charge < -0.3 is 20.6 Å². The van der Waals surface area contributed by atoms with Crippen LogP contribution in [0.15, 0.2) is 40.2 Å². The highest BCUT2D eigenvalue weighted by atomic mass is 79.9. The molecule has 1 aromatic heterocycles. The summed E-state index contributed by atoms with van der Waals surface area (Å²) < 4.78 is 20.1. The van der Waals surface area contributed by atoms with Crippen LogP contribution in [-0.2, 0) is 4.79 Å². The van der Waals surface area contributed by atoms with E-state index in [9.17, 15) is 9.18 Å². The maximum atomic E-state index is 13.4. The van der Waals surface area contributed by atoms with E-state index in [1.54, 1.807) is 12.3 Å². The van der Waals surface area contributed by atoms with Crippen molar-refractivity contribution < 1.29 is 19.0 Å². The Balaban J connectivity index is 1.59. The fourth-order valence-corrected chi connectivity index (χ4v) is 3.40. The third-order valence-corrected chi connectivity index (χ3v) is 5.18. The predicted molar refractivity (Wildman–Crippen MR) is 111 cm³/mol. The minimum absolute atomic E-state index is 0.0178. The number of hydrazone groups is 1. The van der Waals surface area contributed by atoms with Gasteiger partial charge in [0.1, 0.15) is 35.7 Å². The molecule has 1 aliphatic rings. The van der Waals surface area contributed by atoms with Crippen LogP contribution >= 0.6 is 15.9 Å². The minimum Gasteiger partial charge on any atom is -0.489 e. The van der Waals surface area contributed by atoms with Gasteiger partial charge in [0.2, 0.25) is 0 Å². The summed E-state index contributed by atoms with van der Waals surface area (Å²) in [5, 5.41) is 13.2. The zero-order chi connectivity index (χ0) is 21.7. The van der Waals surface area contributed by atoms with Gasteiger partial charge >= 0.3 is 5.97 Å². The Bertz CT molecular complexity index is 920. The van der Waals surface area contributed by atoms with Crippen LogP contribution in [0.4, 0.5) is 10.2 Å². The van der Waals surface area contributed by atoms with Crippen molar-refractivity contribution in [2.45, 2.75) is 18.9 Å². The van der Waals surface area contributed by atoms with Gasteiger partial charge in [0.15, 0.2) is 5.84 Å².